The molecule has 75 heavy (non-hydrogen) atoms. The number of aliphatic hydroxyl groups is 2. The first kappa shape index (κ1) is 73.3. The fourth-order valence-electron chi connectivity index (χ4n) is 10.7. The van der Waals surface area contributed by atoms with E-state index in [0.29, 0.717) is 19.4 Å². The number of nitrogens with one attached hydrogen (secondary N) is 1. The minimum Gasteiger partial charge on any atom is -0.466 e. The number of esters is 1. The molecule has 1 amide bonds. The Morgan fingerprint density at radius 3 is 0.947 bits per heavy atom. The fourth-order valence-corrected chi connectivity index (χ4v) is 10.7. The predicted octanol–water partition coefficient (Wildman–Crippen LogP) is 21.8. The van der Waals surface area contributed by atoms with Crippen LogP contribution in [-0.4, -0.2) is 47.4 Å². The molecule has 0 rings (SSSR count). The van der Waals surface area contributed by atoms with E-state index in [1.54, 1.807) is 6.08 Å². The van der Waals surface area contributed by atoms with Crippen LogP contribution in [0.3, 0.4) is 0 Å². The van der Waals surface area contributed by atoms with Crippen LogP contribution in [-0.2, 0) is 14.3 Å². The third kappa shape index (κ3) is 61.4. The van der Waals surface area contributed by atoms with Gasteiger partial charge in [0, 0.05) is 12.8 Å². The van der Waals surface area contributed by atoms with Gasteiger partial charge in [-0.2, -0.15) is 0 Å². The van der Waals surface area contributed by atoms with Crippen molar-refractivity contribution in [1.29, 1.82) is 0 Å². The smallest absolute Gasteiger partial charge is 0.305 e. The zero-order valence-electron chi connectivity index (χ0n) is 50.8. The molecule has 0 aliphatic heterocycles. The van der Waals surface area contributed by atoms with Crippen molar-refractivity contribution in [2.24, 2.45) is 0 Å². The van der Waals surface area contributed by atoms with Crippen molar-refractivity contribution < 1.29 is 24.5 Å². The number of carbonyl (C=O) groups is 2. The Morgan fingerprint density at radius 1 is 0.360 bits per heavy atom. The SMILES string of the molecule is CCCCCCCCCCCCCCC/C=C/C(O)C(CO)NC(=O)CCCCCCCCCCCCCCCCCC/C=C\CCCCCCCCCCCCCCOC(=O)CCCCCCCCCCCCC. The predicted molar refractivity (Wildman–Crippen MR) is 329 cm³/mol. The Balaban J connectivity index is 3.37. The summed E-state index contributed by atoms with van der Waals surface area (Å²) in [5.74, 6) is -0.0450. The van der Waals surface area contributed by atoms with Gasteiger partial charge in [0.15, 0.2) is 0 Å². The number of allylic oxidation sites excluding steroid dienone is 3. The molecule has 0 aromatic carbocycles. The molecule has 0 spiro atoms. The van der Waals surface area contributed by atoms with Gasteiger partial charge >= 0.3 is 5.97 Å². The maximum Gasteiger partial charge on any atom is 0.305 e. The van der Waals surface area contributed by atoms with Gasteiger partial charge in [0.2, 0.25) is 5.91 Å². The van der Waals surface area contributed by atoms with Crippen LogP contribution in [0.5, 0.6) is 0 Å². The van der Waals surface area contributed by atoms with Crippen molar-refractivity contribution in [3.63, 3.8) is 0 Å². The monoisotopic (exact) mass is 1060 g/mol. The quantitative estimate of drug-likeness (QED) is 0.0320. The van der Waals surface area contributed by atoms with Crippen molar-refractivity contribution in [3.05, 3.63) is 24.3 Å². The van der Waals surface area contributed by atoms with Gasteiger partial charge in [0.1, 0.15) is 0 Å². The minimum absolute atomic E-state index is 0.0180. The highest BCUT2D eigenvalue weighted by molar-refractivity contribution is 5.76. The third-order valence-corrected chi connectivity index (χ3v) is 16.0. The molecule has 0 saturated carbocycles. The number of rotatable bonds is 64. The summed E-state index contributed by atoms with van der Waals surface area (Å²) in [5, 5.41) is 23.2. The van der Waals surface area contributed by atoms with Crippen LogP contribution in [0.4, 0.5) is 0 Å². The number of unbranched alkanes of at least 4 members (excludes halogenated alkanes) is 51. The zero-order chi connectivity index (χ0) is 54.3. The highest BCUT2D eigenvalue weighted by atomic mass is 16.5. The first-order chi connectivity index (χ1) is 37.0. The molecule has 0 heterocycles. The van der Waals surface area contributed by atoms with Crippen LogP contribution in [0.1, 0.15) is 380 Å². The average molecular weight is 1060 g/mol. The first-order valence-corrected chi connectivity index (χ1v) is 34.1. The number of ether oxygens (including phenoxy) is 1. The second kappa shape index (κ2) is 64.9. The van der Waals surface area contributed by atoms with Gasteiger partial charge < -0.3 is 20.3 Å². The molecule has 2 atom stereocenters. The standard InChI is InChI=1S/C69H133NO5/c1-3-5-7-9-11-13-15-16-35-38-42-45-49-53-57-61-67(72)66(65-71)70-68(73)62-58-54-50-46-43-39-36-33-31-29-27-25-23-21-19-17-18-20-22-24-26-28-30-32-34-37-40-44-48-52-56-60-64-75-69(74)63-59-55-51-47-41-14-12-10-8-6-4-2/h20,22,57,61,66-67,71-72H,3-19,21,23-56,58-60,62-65H2,1-2H3,(H,70,73)/b22-20-,61-57+. The summed E-state index contributed by atoms with van der Waals surface area (Å²) in [5.41, 5.74) is 0. The molecule has 0 radical (unpaired) electrons. The lowest BCUT2D eigenvalue weighted by Crippen LogP contribution is -2.45. The molecule has 6 heteroatoms. The van der Waals surface area contributed by atoms with Crippen molar-refractivity contribution in [2.75, 3.05) is 13.2 Å². The van der Waals surface area contributed by atoms with Crippen LogP contribution in [0.25, 0.3) is 0 Å². The van der Waals surface area contributed by atoms with Gasteiger partial charge in [-0.1, -0.05) is 334 Å². The van der Waals surface area contributed by atoms with Crippen LogP contribution < -0.4 is 5.32 Å². The van der Waals surface area contributed by atoms with E-state index in [0.717, 1.165) is 38.5 Å². The zero-order valence-corrected chi connectivity index (χ0v) is 50.8. The van der Waals surface area contributed by atoms with E-state index in [4.69, 9.17) is 4.74 Å². The normalized spacial score (nSPS) is 12.6. The molecule has 0 aromatic heterocycles. The second-order valence-corrected chi connectivity index (χ2v) is 23.5. The number of aliphatic hydroxyl groups excluding tert-OH is 2. The molecular weight excluding hydrogens is 923 g/mol. The molecule has 0 aliphatic rings. The van der Waals surface area contributed by atoms with E-state index in [1.165, 1.54) is 315 Å². The Morgan fingerprint density at radius 2 is 0.627 bits per heavy atom. The minimum atomic E-state index is -0.842. The van der Waals surface area contributed by atoms with E-state index >= 15 is 0 Å². The van der Waals surface area contributed by atoms with Crippen LogP contribution >= 0.6 is 0 Å². The Bertz CT molecular complexity index is 1170. The lowest BCUT2D eigenvalue weighted by molar-refractivity contribution is -0.143. The highest BCUT2D eigenvalue weighted by Gasteiger charge is 2.18. The van der Waals surface area contributed by atoms with E-state index in [1.807, 2.05) is 6.08 Å². The first-order valence-electron chi connectivity index (χ1n) is 34.1. The van der Waals surface area contributed by atoms with Crippen LogP contribution in [0, 0.1) is 0 Å². The van der Waals surface area contributed by atoms with E-state index in [2.05, 4.69) is 31.3 Å². The van der Waals surface area contributed by atoms with E-state index in [-0.39, 0.29) is 18.5 Å². The van der Waals surface area contributed by atoms with Crippen molar-refractivity contribution in [2.45, 2.75) is 392 Å². The molecule has 3 N–H and O–H groups in total. The lowest BCUT2D eigenvalue weighted by Gasteiger charge is -2.20. The highest BCUT2D eigenvalue weighted by Crippen LogP contribution is 2.18. The number of hydrogen-bond acceptors (Lipinski definition) is 5. The summed E-state index contributed by atoms with van der Waals surface area (Å²) in [6.45, 7) is 4.93. The summed E-state index contributed by atoms with van der Waals surface area (Å²) in [7, 11) is 0. The molecule has 444 valence electrons. The van der Waals surface area contributed by atoms with Gasteiger partial charge in [-0.3, -0.25) is 9.59 Å². The van der Waals surface area contributed by atoms with Crippen LogP contribution in [0.15, 0.2) is 24.3 Å². The van der Waals surface area contributed by atoms with E-state index in [9.17, 15) is 19.8 Å². The summed E-state index contributed by atoms with van der Waals surface area (Å²) >= 11 is 0. The Labute approximate surface area is 469 Å². The maximum absolute atomic E-state index is 12.5. The third-order valence-electron chi connectivity index (χ3n) is 16.0. The molecule has 0 saturated heterocycles. The largest absolute Gasteiger partial charge is 0.466 e. The molecule has 0 fully saturated rings. The summed E-state index contributed by atoms with van der Waals surface area (Å²) in [4.78, 5) is 24.5. The Hall–Kier alpha value is -1.66. The molecule has 0 aliphatic carbocycles. The summed E-state index contributed by atoms with van der Waals surface area (Å²) < 4.78 is 5.47. The van der Waals surface area contributed by atoms with Gasteiger partial charge in [-0.15, -0.1) is 0 Å². The number of hydrogen-bond donors (Lipinski definition) is 3. The Kier molecular flexibility index (Phi) is 63.4. The molecule has 0 aromatic rings. The maximum atomic E-state index is 12.5. The van der Waals surface area contributed by atoms with Gasteiger partial charge in [-0.05, 0) is 57.8 Å². The van der Waals surface area contributed by atoms with Crippen molar-refractivity contribution in [1.82, 2.24) is 5.32 Å². The summed E-state index contributed by atoms with van der Waals surface area (Å²) in [6.07, 6.45) is 81.1. The molecule has 6 nitrogen and oxygen atoms in total. The second-order valence-electron chi connectivity index (χ2n) is 23.5. The molecule has 2 unspecified atom stereocenters. The summed E-state index contributed by atoms with van der Waals surface area (Å²) in [6, 6.07) is -0.625. The van der Waals surface area contributed by atoms with Crippen LogP contribution in [0.2, 0.25) is 0 Å². The molecule has 0 bridgehead atoms. The number of carbonyl (C=O) groups excluding carboxylic acids is 2. The fraction of sp³-hybridized carbons (Fsp3) is 0.913. The number of amides is 1. The lowest BCUT2D eigenvalue weighted by atomic mass is 10.0. The van der Waals surface area contributed by atoms with Gasteiger partial charge in [-0.25, -0.2) is 0 Å². The van der Waals surface area contributed by atoms with Crippen molar-refractivity contribution in [3.8, 4) is 0 Å². The van der Waals surface area contributed by atoms with Gasteiger partial charge in [0.05, 0.1) is 25.4 Å². The van der Waals surface area contributed by atoms with E-state index < -0.39 is 12.1 Å². The van der Waals surface area contributed by atoms with Crippen molar-refractivity contribution >= 4 is 11.9 Å². The molecular formula is C69H133NO5. The average Bonchev–Trinajstić information content (AvgIpc) is 3.41. The van der Waals surface area contributed by atoms with Gasteiger partial charge in [0.25, 0.3) is 0 Å². The topological polar surface area (TPSA) is 95.9 Å².